The minimum Gasteiger partial charge on any atom is -0.476 e. The normalized spacial score (nSPS) is 13.9. The fourth-order valence-corrected chi connectivity index (χ4v) is 6.50. The second-order valence-corrected chi connectivity index (χ2v) is 12.0. The first-order chi connectivity index (χ1) is 20.6. The number of rotatable bonds is 9. The summed E-state index contributed by atoms with van der Waals surface area (Å²) >= 11 is 6.19. The van der Waals surface area contributed by atoms with Crippen molar-refractivity contribution in [1.82, 2.24) is 14.1 Å². The summed E-state index contributed by atoms with van der Waals surface area (Å²) in [6.45, 7) is 4.20. The van der Waals surface area contributed by atoms with Gasteiger partial charge in [0.25, 0.3) is 5.91 Å². The molecule has 3 aromatic carbocycles. The van der Waals surface area contributed by atoms with Crippen LogP contribution in [0.5, 0.6) is 11.6 Å². The lowest BCUT2D eigenvalue weighted by Crippen LogP contribution is -2.40. The highest BCUT2D eigenvalue weighted by Gasteiger charge is 2.32. The first-order valence-corrected chi connectivity index (χ1v) is 15.3. The molecule has 0 aliphatic carbocycles. The number of para-hydroxylation sites is 1. The van der Waals surface area contributed by atoms with Crippen LogP contribution in [0.1, 0.15) is 38.9 Å². The van der Waals surface area contributed by atoms with Crippen molar-refractivity contribution in [3.63, 3.8) is 0 Å². The number of nitrogens with zero attached hydrogens (tertiary/aromatic N) is 3. The van der Waals surface area contributed by atoms with Gasteiger partial charge in [-0.25, -0.2) is 13.2 Å². The number of morpholine rings is 1. The molecular formula is C30H29ClN4O7S. The number of hydrogen-bond donors (Lipinski definition) is 2. The maximum atomic E-state index is 14.0. The predicted octanol–water partition coefficient (Wildman–Crippen LogP) is 5.16. The van der Waals surface area contributed by atoms with Crippen molar-refractivity contribution in [3.8, 4) is 17.3 Å². The zero-order valence-corrected chi connectivity index (χ0v) is 25.0. The lowest BCUT2D eigenvalue weighted by Gasteiger charge is -2.27. The van der Waals surface area contributed by atoms with Gasteiger partial charge in [-0.3, -0.25) is 4.79 Å². The number of benzene rings is 3. The van der Waals surface area contributed by atoms with Gasteiger partial charge in [0, 0.05) is 24.3 Å². The minimum absolute atomic E-state index is 0.0459. The third kappa shape index (κ3) is 6.13. The number of amides is 1. The Morgan fingerprint density at radius 1 is 1.07 bits per heavy atom. The van der Waals surface area contributed by atoms with Gasteiger partial charge in [0.15, 0.2) is 5.69 Å². The second-order valence-electron chi connectivity index (χ2n) is 9.69. The zero-order chi connectivity index (χ0) is 30.7. The van der Waals surface area contributed by atoms with Gasteiger partial charge in [0.1, 0.15) is 10.6 Å². The minimum atomic E-state index is -4.15. The van der Waals surface area contributed by atoms with Crippen LogP contribution in [-0.4, -0.2) is 65.8 Å². The highest BCUT2D eigenvalue weighted by molar-refractivity contribution is 7.89. The first kappa shape index (κ1) is 30.2. The molecule has 0 saturated carbocycles. The van der Waals surface area contributed by atoms with E-state index in [4.69, 9.17) is 21.1 Å². The second kappa shape index (κ2) is 12.6. The van der Waals surface area contributed by atoms with E-state index in [1.807, 2.05) is 19.1 Å². The molecular weight excluding hydrogens is 596 g/mol. The number of carboxylic acid groups (broad SMARTS) is 1. The molecule has 2 N–H and O–H groups in total. The van der Waals surface area contributed by atoms with Crippen LogP contribution in [0.25, 0.3) is 5.69 Å². The monoisotopic (exact) mass is 624 g/mol. The summed E-state index contributed by atoms with van der Waals surface area (Å²) < 4.78 is 42.2. The lowest BCUT2D eigenvalue weighted by atomic mass is 10.1. The summed E-state index contributed by atoms with van der Waals surface area (Å²) in [5.74, 6) is -1.80. The Balaban J connectivity index is 1.62. The standard InChI is InChI=1S/C30H29ClN4O7S/c1-3-20-8-4-7-11-24(20)35-29(19(2)27(33-35)30(37)38)42-25-13-12-21(32-28(36)22-9-5-6-10-23(22)31)18-26(25)43(39,40)34-14-16-41-17-15-34/h4-13,18H,3,14-17H2,1-2H3,(H,32,36)(H,37,38). The van der Waals surface area contributed by atoms with Crippen LogP contribution in [0.3, 0.4) is 0 Å². The van der Waals surface area contributed by atoms with E-state index in [1.165, 1.54) is 27.2 Å². The van der Waals surface area contributed by atoms with Gasteiger partial charge in [-0.1, -0.05) is 48.9 Å². The Hall–Kier alpha value is -4.23. The summed E-state index contributed by atoms with van der Waals surface area (Å²) in [5, 5.41) is 17.1. The van der Waals surface area contributed by atoms with E-state index in [9.17, 15) is 23.1 Å². The molecule has 1 fully saturated rings. The fraction of sp³-hybridized carbons (Fsp3) is 0.233. The SMILES string of the molecule is CCc1ccccc1-n1nc(C(=O)O)c(C)c1Oc1ccc(NC(=O)c2ccccc2Cl)cc1S(=O)(=O)N1CCOCC1. The van der Waals surface area contributed by atoms with Crippen molar-refractivity contribution in [2.45, 2.75) is 25.2 Å². The highest BCUT2D eigenvalue weighted by Crippen LogP contribution is 2.37. The Labute approximate surface area is 253 Å². The van der Waals surface area contributed by atoms with Gasteiger partial charge in [0.05, 0.1) is 29.5 Å². The average molecular weight is 625 g/mol. The van der Waals surface area contributed by atoms with Crippen molar-refractivity contribution in [1.29, 1.82) is 0 Å². The van der Waals surface area contributed by atoms with Gasteiger partial charge in [-0.2, -0.15) is 14.1 Å². The Bertz CT molecular complexity index is 1800. The molecule has 0 unspecified atom stereocenters. The highest BCUT2D eigenvalue weighted by atomic mass is 35.5. The van der Waals surface area contributed by atoms with Crippen LogP contribution in [0.15, 0.2) is 71.6 Å². The Morgan fingerprint density at radius 3 is 2.47 bits per heavy atom. The van der Waals surface area contributed by atoms with E-state index in [0.717, 1.165) is 5.56 Å². The van der Waals surface area contributed by atoms with Crippen molar-refractivity contribution >= 4 is 39.2 Å². The predicted molar refractivity (Wildman–Crippen MR) is 160 cm³/mol. The molecule has 1 amide bonds. The maximum Gasteiger partial charge on any atom is 0.356 e. The molecule has 13 heteroatoms. The van der Waals surface area contributed by atoms with Crippen molar-refractivity contribution in [2.24, 2.45) is 0 Å². The van der Waals surface area contributed by atoms with Gasteiger partial charge >= 0.3 is 5.97 Å². The maximum absolute atomic E-state index is 14.0. The Kier molecular flexibility index (Phi) is 8.83. The largest absolute Gasteiger partial charge is 0.476 e. The number of carboxylic acids is 1. The van der Waals surface area contributed by atoms with E-state index in [1.54, 1.807) is 43.3 Å². The van der Waals surface area contributed by atoms with Gasteiger partial charge in [-0.05, 0) is 55.3 Å². The molecule has 1 aromatic heterocycles. The molecule has 0 spiro atoms. The molecule has 0 bridgehead atoms. The molecule has 224 valence electrons. The van der Waals surface area contributed by atoms with Crippen LogP contribution < -0.4 is 10.1 Å². The quantitative estimate of drug-likeness (QED) is 0.260. The first-order valence-electron chi connectivity index (χ1n) is 13.5. The van der Waals surface area contributed by atoms with Crippen LogP contribution in [0.4, 0.5) is 5.69 Å². The molecule has 1 aliphatic heterocycles. The van der Waals surface area contributed by atoms with Crippen molar-refractivity contribution in [3.05, 3.63) is 94.1 Å². The van der Waals surface area contributed by atoms with Gasteiger partial charge < -0.3 is 19.9 Å². The van der Waals surface area contributed by atoms with E-state index in [-0.39, 0.29) is 70.4 Å². The van der Waals surface area contributed by atoms with E-state index < -0.39 is 21.9 Å². The van der Waals surface area contributed by atoms with E-state index in [2.05, 4.69) is 10.4 Å². The summed E-state index contributed by atoms with van der Waals surface area (Å²) in [5.41, 5.74) is 1.86. The number of hydrogen-bond acceptors (Lipinski definition) is 7. The topological polar surface area (TPSA) is 140 Å². The van der Waals surface area contributed by atoms with Gasteiger partial charge in [-0.15, -0.1) is 0 Å². The van der Waals surface area contributed by atoms with Crippen LogP contribution in [-0.2, 0) is 21.2 Å². The number of nitrogens with one attached hydrogen (secondary N) is 1. The number of halogens is 1. The fourth-order valence-electron chi connectivity index (χ4n) is 4.73. The summed E-state index contributed by atoms with van der Waals surface area (Å²) in [4.78, 5) is 24.8. The third-order valence-electron chi connectivity index (χ3n) is 6.99. The number of anilines is 1. The number of ether oxygens (including phenoxy) is 2. The molecule has 2 heterocycles. The number of aromatic carboxylic acids is 1. The molecule has 5 rings (SSSR count). The molecule has 0 radical (unpaired) electrons. The van der Waals surface area contributed by atoms with Crippen molar-refractivity contribution < 1.29 is 32.6 Å². The third-order valence-corrected chi connectivity index (χ3v) is 9.24. The van der Waals surface area contributed by atoms with E-state index >= 15 is 0 Å². The van der Waals surface area contributed by atoms with Crippen LogP contribution in [0.2, 0.25) is 5.02 Å². The number of sulfonamides is 1. The zero-order valence-electron chi connectivity index (χ0n) is 23.4. The summed E-state index contributed by atoms with van der Waals surface area (Å²) in [7, 11) is -4.15. The molecule has 0 atom stereocenters. The number of carbonyl (C=O) groups is 2. The molecule has 1 aliphatic rings. The number of carbonyl (C=O) groups excluding carboxylic acids is 1. The summed E-state index contributed by atoms with van der Waals surface area (Å²) in [6, 6.07) is 18.0. The van der Waals surface area contributed by atoms with Gasteiger partial charge in [0.2, 0.25) is 15.9 Å². The van der Waals surface area contributed by atoms with Crippen LogP contribution >= 0.6 is 11.6 Å². The van der Waals surface area contributed by atoms with E-state index in [0.29, 0.717) is 12.1 Å². The van der Waals surface area contributed by atoms with Crippen molar-refractivity contribution in [2.75, 3.05) is 31.6 Å². The molecule has 4 aromatic rings. The average Bonchev–Trinajstić information content (AvgIpc) is 3.34. The molecule has 11 nitrogen and oxygen atoms in total. The number of aryl methyl sites for hydroxylation is 1. The van der Waals surface area contributed by atoms with Crippen LogP contribution in [0, 0.1) is 6.92 Å². The molecule has 1 saturated heterocycles. The number of aromatic nitrogens is 2. The smallest absolute Gasteiger partial charge is 0.356 e. The summed E-state index contributed by atoms with van der Waals surface area (Å²) in [6.07, 6.45) is 0.632. The molecule has 43 heavy (non-hydrogen) atoms. The lowest BCUT2D eigenvalue weighted by molar-refractivity contribution is 0.0689. The Morgan fingerprint density at radius 2 is 1.77 bits per heavy atom.